The second-order valence-corrected chi connectivity index (χ2v) is 6.59. The molecule has 2 aromatic rings. The number of carbonyl (C=O) groups excluding carboxylic acids is 1. The Morgan fingerprint density at radius 1 is 1.33 bits per heavy atom. The van der Waals surface area contributed by atoms with Crippen LogP contribution in [0.1, 0.15) is 31.3 Å². The van der Waals surface area contributed by atoms with Crippen molar-refractivity contribution >= 4 is 11.8 Å². The largest absolute Gasteiger partial charge is 0.464 e. The van der Waals surface area contributed by atoms with Crippen molar-refractivity contribution in [2.24, 2.45) is 5.92 Å². The number of methoxy groups -OCH3 is 1. The molecule has 1 aromatic heterocycles. The van der Waals surface area contributed by atoms with Gasteiger partial charge in [-0.15, -0.1) is 0 Å². The molecule has 0 amide bonds. The highest BCUT2D eigenvalue weighted by Crippen LogP contribution is 2.42. The number of benzene rings is 1. The molecule has 1 unspecified atom stereocenters. The molecule has 3 rings (SSSR count). The van der Waals surface area contributed by atoms with E-state index in [0.29, 0.717) is 23.0 Å². The lowest BCUT2D eigenvalue weighted by atomic mass is 9.78. The van der Waals surface area contributed by atoms with Gasteiger partial charge in [-0.05, 0) is 44.0 Å². The van der Waals surface area contributed by atoms with Crippen LogP contribution in [0.2, 0.25) is 0 Å². The van der Waals surface area contributed by atoms with Crippen molar-refractivity contribution in [2.75, 3.05) is 18.6 Å². The molecule has 126 valence electrons. The average molecular weight is 329 g/mol. The summed E-state index contributed by atoms with van der Waals surface area (Å²) in [5, 5.41) is 0. The monoisotopic (exact) mass is 329 g/mol. The number of esters is 1. The molecule has 1 aromatic carbocycles. The van der Waals surface area contributed by atoms with Crippen LogP contribution in [0.3, 0.4) is 0 Å². The maximum atomic E-state index is 13.3. The van der Waals surface area contributed by atoms with E-state index in [2.05, 4.69) is 35.6 Å². The zero-order valence-corrected chi connectivity index (χ0v) is 14.2. The molecular formula is C18H20FN3O2. The van der Waals surface area contributed by atoms with E-state index < -0.39 is 5.97 Å². The van der Waals surface area contributed by atoms with Gasteiger partial charge in [0.1, 0.15) is 11.5 Å². The Kier molecular flexibility index (Phi) is 3.99. The Labute approximate surface area is 140 Å². The lowest BCUT2D eigenvalue weighted by Gasteiger charge is -2.55. The molecule has 1 aliphatic heterocycles. The highest BCUT2D eigenvalue weighted by Gasteiger charge is 2.45. The summed E-state index contributed by atoms with van der Waals surface area (Å²) in [5.74, 6) is 0.335. The van der Waals surface area contributed by atoms with Crippen molar-refractivity contribution in [1.29, 1.82) is 0 Å². The van der Waals surface area contributed by atoms with E-state index in [4.69, 9.17) is 4.74 Å². The van der Waals surface area contributed by atoms with Gasteiger partial charge in [0.2, 0.25) is 0 Å². The first kappa shape index (κ1) is 16.4. The molecule has 2 heterocycles. The Bertz CT molecular complexity index is 774. The molecule has 0 radical (unpaired) electrons. The van der Waals surface area contributed by atoms with Crippen LogP contribution < -0.4 is 4.90 Å². The Hall–Kier alpha value is -2.50. The summed E-state index contributed by atoms with van der Waals surface area (Å²) in [4.78, 5) is 22.9. The summed E-state index contributed by atoms with van der Waals surface area (Å²) in [7, 11) is 1.30. The lowest BCUT2D eigenvalue weighted by molar-refractivity contribution is 0.0593. The van der Waals surface area contributed by atoms with Crippen LogP contribution >= 0.6 is 0 Å². The van der Waals surface area contributed by atoms with Gasteiger partial charge < -0.3 is 9.64 Å². The van der Waals surface area contributed by atoms with Gasteiger partial charge >= 0.3 is 5.97 Å². The number of hydrogen-bond donors (Lipinski definition) is 0. The van der Waals surface area contributed by atoms with Gasteiger partial charge in [0.05, 0.1) is 13.3 Å². The van der Waals surface area contributed by atoms with Crippen LogP contribution in [0.25, 0.3) is 11.3 Å². The predicted molar refractivity (Wildman–Crippen MR) is 89.4 cm³/mol. The highest BCUT2D eigenvalue weighted by molar-refractivity contribution is 5.88. The van der Waals surface area contributed by atoms with Crippen molar-refractivity contribution < 1.29 is 13.9 Å². The van der Waals surface area contributed by atoms with Gasteiger partial charge in [0, 0.05) is 17.6 Å². The molecule has 0 bridgehead atoms. The second-order valence-electron chi connectivity index (χ2n) is 6.59. The van der Waals surface area contributed by atoms with Crippen LogP contribution in [0.5, 0.6) is 0 Å². The predicted octanol–water partition coefficient (Wildman–Crippen LogP) is 3.30. The SMILES string of the molecule is COC(=O)c1cnc(N2CC(C)C2(C)C)c(-c2ccc(F)cc2)n1. The number of carbonyl (C=O) groups is 1. The normalized spacial score (nSPS) is 18.9. The molecule has 1 atom stereocenters. The van der Waals surface area contributed by atoms with Crippen molar-refractivity contribution in [1.82, 2.24) is 9.97 Å². The fraction of sp³-hybridized carbons (Fsp3) is 0.389. The maximum absolute atomic E-state index is 13.3. The number of rotatable bonds is 3. The van der Waals surface area contributed by atoms with Crippen molar-refractivity contribution in [3.8, 4) is 11.3 Å². The van der Waals surface area contributed by atoms with Crippen molar-refractivity contribution in [3.63, 3.8) is 0 Å². The van der Waals surface area contributed by atoms with Gasteiger partial charge in [-0.1, -0.05) is 6.92 Å². The summed E-state index contributed by atoms with van der Waals surface area (Å²) >= 11 is 0. The van der Waals surface area contributed by atoms with Crippen LogP contribution in [0.15, 0.2) is 30.5 Å². The first-order valence-corrected chi connectivity index (χ1v) is 7.83. The fourth-order valence-electron chi connectivity index (χ4n) is 2.83. The number of anilines is 1. The van der Waals surface area contributed by atoms with E-state index >= 15 is 0 Å². The summed E-state index contributed by atoms with van der Waals surface area (Å²) < 4.78 is 18.0. The smallest absolute Gasteiger partial charge is 0.358 e. The van der Waals surface area contributed by atoms with Crippen molar-refractivity contribution in [2.45, 2.75) is 26.3 Å². The third kappa shape index (κ3) is 2.62. The van der Waals surface area contributed by atoms with Crippen LogP contribution in [0.4, 0.5) is 10.2 Å². The van der Waals surface area contributed by atoms with E-state index in [9.17, 15) is 9.18 Å². The first-order valence-electron chi connectivity index (χ1n) is 7.83. The quantitative estimate of drug-likeness (QED) is 0.809. The maximum Gasteiger partial charge on any atom is 0.358 e. The lowest BCUT2D eigenvalue weighted by Crippen LogP contribution is -2.63. The minimum Gasteiger partial charge on any atom is -0.464 e. The number of halogens is 1. The molecule has 24 heavy (non-hydrogen) atoms. The third-order valence-corrected chi connectivity index (χ3v) is 4.88. The van der Waals surface area contributed by atoms with Crippen LogP contribution in [-0.4, -0.2) is 35.1 Å². The molecule has 5 nitrogen and oxygen atoms in total. The van der Waals surface area contributed by atoms with Crippen LogP contribution in [-0.2, 0) is 4.74 Å². The molecule has 1 aliphatic rings. The zero-order valence-electron chi connectivity index (χ0n) is 14.2. The highest BCUT2D eigenvalue weighted by atomic mass is 19.1. The van der Waals surface area contributed by atoms with E-state index in [0.717, 1.165) is 6.54 Å². The number of hydrogen-bond acceptors (Lipinski definition) is 5. The van der Waals surface area contributed by atoms with Crippen LogP contribution in [0, 0.1) is 11.7 Å². The molecule has 6 heteroatoms. The summed E-state index contributed by atoms with van der Waals surface area (Å²) in [6, 6.07) is 6.02. The van der Waals surface area contributed by atoms with Gasteiger partial charge in [0.25, 0.3) is 0 Å². The number of ether oxygens (including phenoxy) is 1. The summed E-state index contributed by atoms with van der Waals surface area (Å²) in [6.07, 6.45) is 1.42. The Morgan fingerprint density at radius 3 is 2.54 bits per heavy atom. The van der Waals surface area contributed by atoms with E-state index in [-0.39, 0.29) is 17.1 Å². The van der Waals surface area contributed by atoms with E-state index in [1.807, 2.05) is 0 Å². The van der Waals surface area contributed by atoms with Gasteiger partial charge in [-0.3, -0.25) is 0 Å². The van der Waals surface area contributed by atoms with E-state index in [1.165, 1.54) is 25.4 Å². The number of nitrogens with zero attached hydrogens (tertiary/aromatic N) is 3. The Morgan fingerprint density at radius 2 is 2.00 bits per heavy atom. The topological polar surface area (TPSA) is 55.3 Å². The van der Waals surface area contributed by atoms with E-state index in [1.54, 1.807) is 12.1 Å². The second kappa shape index (κ2) is 5.85. The third-order valence-electron chi connectivity index (χ3n) is 4.88. The molecule has 1 saturated heterocycles. The van der Waals surface area contributed by atoms with Gasteiger partial charge in [0.15, 0.2) is 11.5 Å². The van der Waals surface area contributed by atoms with Crippen molar-refractivity contribution in [3.05, 3.63) is 42.0 Å². The summed E-state index contributed by atoms with van der Waals surface area (Å²) in [5.41, 5.74) is 1.33. The molecule has 0 spiro atoms. The first-order chi connectivity index (χ1) is 11.3. The molecule has 0 N–H and O–H groups in total. The molecule has 0 aliphatic carbocycles. The van der Waals surface area contributed by atoms with Gasteiger partial charge in [-0.2, -0.15) is 0 Å². The molecule has 1 fully saturated rings. The fourth-order valence-corrected chi connectivity index (χ4v) is 2.83. The average Bonchev–Trinajstić information content (AvgIpc) is 2.59. The summed E-state index contributed by atoms with van der Waals surface area (Å²) in [6.45, 7) is 7.33. The standard InChI is InChI=1S/C18H20FN3O2/c1-11-10-22(18(11,2)3)16-15(12-5-7-13(19)8-6-12)21-14(9-20-16)17(23)24-4/h5-9,11H,10H2,1-4H3. The van der Waals surface area contributed by atoms with Gasteiger partial charge in [-0.25, -0.2) is 19.2 Å². The molecule has 0 saturated carbocycles. The molecular weight excluding hydrogens is 309 g/mol. The minimum absolute atomic E-state index is 0.0593. The number of aromatic nitrogens is 2. The Balaban J connectivity index is 2.11. The minimum atomic E-state index is -0.548. The zero-order chi connectivity index (χ0) is 17.5.